The molecule has 9 fully saturated rings. The van der Waals surface area contributed by atoms with E-state index in [2.05, 4.69) is 110 Å². The smallest absolute Gasteiger partial charge is 0.373 e. The van der Waals surface area contributed by atoms with Gasteiger partial charge in [0.1, 0.15) is 121 Å². The molecular weight excluding hydrogens is 1900 g/mol. The summed E-state index contributed by atoms with van der Waals surface area (Å²) in [5.74, 6) is -1.76. The summed E-state index contributed by atoms with van der Waals surface area (Å²) in [6, 6.07) is 12.8. The fraction of sp³-hybridized carbons (Fsp3) is 0.585. The van der Waals surface area contributed by atoms with E-state index in [4.69, 9.17) is 109 Å². The van der Waals surface area contributed by atoms with Crippen LogP contribution in [0, 0.1) is 13.8 Å². The number of rotatable bonds is 20. The van der Waals surface area contributed by atoms with E-state index in [1.54, 1.807) is 72.6 Å². The number of aliphatic hydroxyl groups is 1. The number of carbonyl (C=O) groups is 1. The van der Waals surface area contributed by atoms with Gasteiger partial charge in [0.2, 0.25) is 0 Å². The molecule has 9 aliphatic heterocycles. The number of halogens is 2. The van der Waals surface area contributed by atoms with Gasteiger partial charge in [-0.2, -0.15) is 18.0 Å². The number of esters is 1. The summed E-state index contributed by atoms with van der Waals surface area (Å²) in [5.41, 5.74) is 34.3. The highest BCUT2D eigenvalue weighted by Crippen LogP contribution is 2.49. The molecular formula is C82H115ClIN23O23S2. The van der Waals surface area contributed by atoms with E-state index in [-0.39, 0.29) is 102 Å². The summed E-state index contributed by atoms with van der Waals surface area (Å²) < 4.78 is 142. The molecule has 132 heavy (non-hydrogen) atoms. The SMILES string of the molecule is C1CCOC1.CC1(C)O[C@@H]2C(CO)OC(n3cnc4c(N)ncnc43)[C@@H]2O1.CCCCNCC1OC(n2cnc3c(N)ncnc32)[C@@H]2OC(C)(C)O[C@H]12.CN.CNCC1OC(n2cnc3c(N)ncnc32)[C@@H]2OC(C)(C)O[C@H]12.COC(=O)CCCI.Cc1ccc(S(=O)(=O)Cl)cc1.Cc1ccc(S(=O)(=O)OCC2OC(n3cnc4c(N)ncnc43)[C@@H]3OC(C)(C)O[C@H]23)cc1.O=C=O. The van der Waals surface area contributed by atoms with Gasteiger partial charge in [0.15, 0.2) is 93.9 Å². The van der Waals surface area contributed by atoms with Crippen LogP contribution in [0.1, 0.15) is 137 Å². The van der Waals surface area contributed by atoms with Crippen molar-refractivity contribution in [2.45, 2.75) is 246 Å². The van der Waals surface area contributed by atoms with E-state index in [0.717, 1.165) is 54.6 Å². The van der Waals surface area contributed by atoms with Gasteiger partial charge in [-0.15, -0.1) is 0 Å². The Kier molecular flexibility index (Phi) is 35.6. The molecule has 0 radical (unpaired) electrons. The number of anilines is 4. The Hall–Kier alpha value is -9.11. The summed E-state index contributed by atoms with van der Waals surface area (Å²) in [5, 5.41) is 16.1. The van der Waals surface area contributed by atoms with Crippen LogP contribution in [0.15, 0.2) is 109 Å². The maximum absolute atomic E-state index is 12.6. The molecule has 17 heterocycles. The lowest BCUT2D eigenvalue weighted by Gasteiger charge is -2.25. The van der Waals surface area contributed by atoms with Crippen molar-refractivity contribution in [2.24, 2.45) is 5.73 Å². The van der Waals surface area contributed by atoms with Gasteiger partial charge >= 0.3 is 12.1 Å². The average molecular weight is 2020 g/mol. The van der Waals surface area contributed by atoms with Crippen LogP contribution in [0.4, 0.5) is 23.3 Å². The van der Waals surface area contributed by atoms with Gasteiger partial charge in [-0.05, 0) is 140 Å². The van der Waals surface area contributed by atoms with Crippen LogP contribution in [0.25, 0.3) is 44.7 Å². The second-order valence-corrected chi connectivity index (χ2v) is 38.0. The van der Waals surface area contributed by atoms with E-state index < -0.39 is 79.2 Å². The molecule has 46 nitrogen and oxygen atoms in total. The zero-order valence-electron chi connectivity index (χ0n) is 75.4. The number of carbonyl (C=O) groups excluding carboxylic acids is 3. The number of nitrogens with zero attached hydrogens (tertiary/aromatic N) is 16. The number of hydrogen-bond acceptors (Lipinski definition) is 42. The molecule has 722 valence electrons. The Morgan fingerprint density at radius 1 is 0.515 bits per heavy atom. The number of imidazole rings is 4. The van der Waals surface area contributed by atoms with Gasteiger partial charge in [-0.3, -0.25) is 27.2 Å². The normalized spacial score (nSPS) is 26.2. The maximum atomic E-state index is 12.6. The number of nitrogens with one attached hydrogen (secondary N) is 2. The van der Waals surface area contributed by atoms with Gasteiger partial charge in [0, 0.05) is 47.8 Å². The molecule has 8 aromatic heterocycles. The number of aromatic nitrogens is 16. The predicted octanol–water partition coefficient (Wildman–Crippen LogP) is 5.70. The molecule has 19 rings (SSSR count). The minimum Gasteiger partial charge on any atom is -0.469 e. The fourth-order valence-corrected chi connectivity index (χ4v) is 17.6. The van der Waals surface area contributed by atoms with Gasteiger partial charge in [0.05, 0.1) is 55.4 Å². The maximum Gasteiger partial charge on any atom is 0.373 e. The summed E-state index contributed by atoms with van der Waals surface area (Å²) in [6.45, 7) is 24.8. The van der Waals surface area contributed by atoms with E-state index >= 15 is 0 Å². The van der Waals surface area contributed by atoms with Crippen LogP contribution in [-0.4, -0.2) is 280 Å². The third-order valence-electron chi connectivity index (χ3n) is 21.4. The summed E-state index contributed by atoms with van der Waals surface area (Å²) in [7, 11) is 2.36. The Bertz CT molecular complexity index is 5720. The van der Waals surface area contributed by atoms with Crippen molar-refractivity contribution in [3.8, 4) is 0 Å². The monoisotopic (exact) mass is 2020 g/mol. The number of alkyl halides is 1. The second-order valence-electron chi connectivity index (χ2n) is 32.7. The number of aliphatic hydroxyl groups excluding tert-OH is 1. The van der Waals surface area contributed by atoms with Crippen LogP contribution in [0.3, 0.4) is 0 Å². The topological polar surface area (TPSA) is 607 Å². The Morgan fingerprint density at radius 2 is 0.841 bits per heavy atom. The highest BCUT2D eigenvalue weighted by atomic mass is 127. The van der Waals surface area contributed by atoms with Gasteiger partial charge in [-0.25, -0.2) is 68.2 Å². The van der Waals surface area contributed by atoms with Crippen molar-refractivity contribution in [3.63, 3.8) is 0 Å². The van der Waals surface area contributed by atoms with Crippen molar-refractivity contribution in [1.82, 2.24) is 88.7 Å². The fourth-order valence-electron chi connectivity index (χ4n) is 15.6. The number of ether oxygens (including phenoxy) is 14. The number of methoxy groups -OCH3 is 1. The minimum atomic E-state index is -3.97. The standard InChI is InChI=1S/C20H23N5O6S.C17H26N6O3.C14H20N6O3.C13H17N5O4.C7H7ClO2S.C5H9IO2.C4H8O.CH5N.CO2/c1-11-4-6-12(7-5-11)32(26,27)28-8-13-15-16(31-20(2,3)30-15)19(29-13)25-10-24-14-17(21)22-9-23-18(14)25;1-4-5-6-19-7-10-12-13(26-17(2,3)25-12)16(24-10)23-9-22-11-14(18)20-8-21-15(11)23;1-14(2)22-9-7(4-16-3)21-13(10(9)23-14)20-6-19-8-11(15)17-5-18-12(8)20;1-13(2)21-8-6(3-19)20-12(9(8)22-13)18-5-17-7-10(14)15-4-16-11(7)18;1-6-2-4-7(5-3-6)11(8,9)10;1-8-5(7)3-2-4-6;1-2-4-5-3-1;1-2;2-1-3/h4-7,9-10,13,15-16,19H,8H2,1-3H3,(H2,21,22,23);8-10,12-13,16,19H,4-7H2,1-3H3,(H2,18,20,21);5-7,9-10,13,16H,4H2,1-3H3,(H2,15,17,18);4-6,8-9,12,19H,3H2,1-2H3,(H2,14,15,16);2-5H,1H3;2-4H2,1H3;1-4H2;2H2,1H3;/t13?,15-,16-,19?;10?,12-,13-,16?;7?,9-,10-,13?;6?,8-,9-,12?;;;;;/m1111...../s1. The second kappa shape index (κ2) is 45.5. The van der Waals surface area contributed by atoms with E-state index in [1.165, 1.54) is 76.6 Å². The molecule has 0 amide bonds. The van der Waals surface area contributed by atoms with Gasteiger partial charge in [-0.1, -0.05) is 71.3 Å². The van der Waals surface area contributed by atoms with Crippen molar-refractivity contribution in [3.05, 3.63) is 110 Å². The predicted molar refractivity (Wildman–Crippen MR) is 483 cm³/mol. The molecule has 9 saturated heterocycles. The van der Waals surface area contributed by atoms with Crippen LogP contribution >= 0.6 is 33.3 Å². The number of benzene rings is 2. The van der Waals surface area contributed by atoms with E-state index in [1.807, 2.05) is 71.6 Å². The first-order valence-corrected chi connectivity index (χ1v) is 47.6. The molecule has 8 unspecified atom stereocenters. The Balaban J connectivity index is 0.000000155. The third kappa shape index (κ3) is 25.1. The highest BCUT2D eigenvalue weighted by molar-refractivity contribution is 14.1. The largest absolute Gasteiger partial charge is 0.469 e. The number of nitrogen functional groups attached to an aromatic ring is 4. The molecule has 2 aromatic carbocycles. The van der Waals surface area contributed by atoms with Gasteiger partial charge in [0.25, 0.3) is 19.2 Å². The first kappa shape index (κ1) is 103. The van der Waals surface area contributed by atoms with Crippen molar-refractivity contribution in [2.75, 3.05) is 94.6 Å². The number of unbranched alkanes of at least 4 members (excludes halogenated alkanes) is 1. The molecule has 0 bridgehead atoms. The molecule has 10 aromatic rings. The summed E-state index contributed by atoms with van der Waals surface area (Å²) in [6.07, 6.45) is 12.7. The van der Waals surface area contributed by atoms with Gasteiger partial charge < -0.3 is 111 Å². The van der Waals surface area contributed by atoms with Crippen LogP contribution in [0.5, 0.6) is 0 Å². The first-order valence-electron chi connectivity index (χ1n) is 42.3. The lowest BCUT2D eigenvalue weighted by atomic mass is 10.1. The number of hydrogen-bond donors (Lipinski definition) is 8. The van der Waals surface area contributed by atoms with Crippen LogP contribution in [-0.2, 0) is 104 Å². The number of nitrogens with two attached hydrogens (primary N) is 5. The number of fused-ring (bicyclic) bond motifs is 8. The molecule has 0 saturated carbocycles. The molecule has 50 heteroatoms. The quantitative estimate of drug-likeness (QED) is 0.0113. The Labute approximate surface area is 779 Å². The number of aryl methyl sites for hydroxylation is 2. The molecule has 9 aliphatic rings. The van der Waals surface area contributed by atoms with Crippen molar-refractivity contribution >= 4 is 132 Å². The Morgan fingerprint density at radius 3 is 1.16 bits per heavy atom. The third-order valence-corrected chi connectivity index (χ3v) is 24.8. The zero-order chi connectivity index (χ0) is 95.8. The molecule has 0 spiro atoms. The first-order chi connectivity index (χ1) is 62.9. The zero-order valence-corrected chi connectivity index (χ0v) is 80.0. The molecule has 13 N–H and O–H groups in total. The lowest BCUT2D eigenvalue weighted by Crippen LogP contribution is -2.37. The molecule has 16 atom stereocenters. The van der Waals surface area contributed by atoms with Crippen LogP contribution < -0.4 is 39.3 Å². The number of likely N-dealkylation sites (N-methyl/N-ethyl adjacent to an activating group) is 1. The van der Waals surface area contributed by atoms with Crippen molar-refractivity contribution < 1.29 is 107 Å². The molecule has 0 aliphatic carbocycles. The minimum absolute atomic E-state index is 0.0749. The highest BCUT2D eigenvalue weighted by Gasteiger charge is 2.60. The van der Waals surface area contributed by atoms with Crippen LogP contribution in [0.2, 0.25) is 0 Å². The summed E-state index contributed by atoms with van der Waals surface area (Å²) >= 11 is 2.23. The van der Waals surface area contributed by atoms with Crippen molar-refractivity contribution in [1.29, 1.82) is 0 Å². The van der Waals surface area contributed by atoms with E-state index in [0.29, 0.717) is 81.6 Å². The van der Waals surface area contributed by atoms with E-state index in [9.17, 15) is 26.7 Å². The average Bonchev–Trinajstić information content (AvgIpc) is 1.60. The summed E-state index contributed by atoms with van der Waals surface area (Å²) in [4.78, 5) is 76.9. The lowest BCUT2D eigenvalue weighted by molar-refractivity contribution is -0.199.